The molecule has 0 aliphatic rings. The summed E-state index contributed by atoms with van der Waals surface area (Å²) in [5.74, 6) is -2.90. The normalized spacial score (nSPS) is 8.31. The summed E-state index contributed by atoms with van der Waals surface area (Å²) in [5, 5.41) is 21.0. The monoisotopic (exact) mass is 240 g/mol. The predicted octanol–water partition coefficient (Wildman–Crippen LogP) is -7.57. The van der Waals surface area contributed by atoms with Crippen molar-refractivity contribution < 1.29 is 83.7 Å². The van der Waals surface area contributed by atoms with E-state index in [0.717, 1.165) is 12.1 Å². The zero-order valence-electron chi connectivity index (χ0n) is 9.27. The van der Waals surface area contributed by atoms with Crippen LogP contribution < -0.4 is 74.1 Å². The van der Waals surface area contributed by atoms with Gasteiger partial charge in [-0.2, -0.15) is 0 Å². The van der Waals surface area contributed by atoms with Crippen molar-refractivity contribution in [3.8, 4) is 5.75 Å². The van der Waals surface area contributed by atoms with E-state index < -0.39 is 23.1 Å². The number of methoxy groups -OCH3 is 1. The van der Waals surface area contributed by atoms with Crippen LogP contribution in [0.2, 0.25) is 0 Å². The number of hydrogen-bond acceptors (Lipinski definition) is 5. The van der Waals surface area contributed by atoms with Gasteiger partial charge in [-0.1, -0.05) is 0 Å². The molecule has 0 heterocycles. The number of aromatic carboxylic acids is 2. The van der Waals surface area contributed by atoms with Crippen LogP contribution in [0.25, 0.3) is 0 Å². The summed E-state index contributed by atoms with van der Waals surface area (Å²) in [6.07, 6.45) is 0. The van der Waals surface area contributed by atoms with Crippen molar-refractivity contribution in [2.45, 2.75) is 0 Å². The molecule has 0 spiro atoms. The molecule has 0 aromatic heterocycles. The van der Waals surface area contributed by atoms with Crippen molar-refractivity contribution in [2.24, 2.45) is 0 Å². The third kappa shape index (κ3) is 4.45. The number of ether oxygens (including phenoxy) is 1. The second-order valence-corrected chi connectivity index (χ2v) is 2.49. The van der Waals surface area contributed by atoms with Crippen LogP contribution in [0.3, 0.4) is 0 Å². The first-order valence-corrected chi connectivity index (χ1v) is 3.67. The summed E-state index contributed by atoms with van der Waals surface area (Å²) in [6.45, 7) is 0. The van der Waals surface area contributed by atoms with Crippen molar-refractivity contribution in [3.05, 3.63) is 29.3 Å². The molecule has 0 saturated heterocycles. The van der Waals surface area contributed by atoms with E-state index in [9.17, 15) is 19.8 Å². The second-order valence-electron chi connectivity index (χ2n) is 2.49. The molecule has 7 heteroatoms. The fraction of sp³-hybridized carbons (Fsp3) is 0.111. The summed E-state index contributed by atoms with van der Waals surface area (Å²) >= 11 is 0. The molecular formula is C9H6Na2O5. The number of rotatable bonds is 3. The molecule has 1 aromatic rings. The van der Waals surface area contributed by atoms with E-state index in [1.165, 1.54) is 13.2 Å². The Balaban J connectivity index is 0. The summed E-state index contributed by atoms with van der Waals surface area (Å²) in [4.78, 5) is 21.0. The van der Waals surface area contributed by atoms with Gasteiger partial charge in [0.2, 0.25) is 0 Å². The predicted molar refractivity (Wildman–Crippen MR) is 41.7 cm³/mol. The van der Waals surface area contributed by atoms with Crippen molar-refractivity contribution in [3.63, 3.8) is 0 Å². The maximum absolute atomic E-state index is 10.5. The van der Waals surface area contributed by atoms with E-state index in [-0.39, 0.29) is 64.9 Å². The van der Waals surface area contributed by atoms with Gasteiger partial charge in [0.25, 0.3) is 0 Å². The molecule has 0 bridgehead atoms. The van der Waals surface area contributed by atoms with Gasteiger partial charge in [-0.25, -0.2) is 0 Å². The van der Waals surface area contributed by atoms with Gasteiger partial charge in [-0.3, -0.25) is 0 Å². The molecule has 0 N–H and O–H groups in total. The number of benzene rings is 1. The van der Waals surface area contributed by atoms with Crippen LogP contribution in [0.15, 0.2) is 18.2 Å². The Labute approximate surface area is 136 Å². The summed E-state index contributed by atoms with van der Waals surface area (Å²) in [6, 6.07) is 3.50. The molecular weight excluding hydrogens is 234 g/mol. The van der Waals surface area contributed by atoms with Gasteiger partial charge in [0.1, 0.15) is 5.75 Å². The van der Waals surface area contributed by atoms with Crippen molar-refractivity contribution in [1.29, 1.82) is 0 Å². The van der Waals surface area contributed by atoms with Crippen LogP contribution in [0.4, 0.5) is 0 Å². The zero-order chi connectivity index (χ0) is 10.7. The number of hydrogen-bond donors (Lipinski definition) is 0. The van der Waals surface area contributed by atoms with Crippen LogP contribution in [0.5, 0.6) is 5.75 Å². The third-order valence-corrected chi connectivity index (χ3v) is 1.67. The summed E-state index contributed by atoms with van der Waals surface area (Å²) in [7, 11) is 1.34. The first-order chi connectivity index (χ1) is 6.56. The molecule has 0 fully saturated rings. The van der Waals surface area contributed by atoms with Gasteiger partial charge in [-0.05, 0) is 18.2 Å². The molecule has 0 unspecified atom stereocenters. The van der Waals surface area contributed by atoms with Crippen molar-refractivity contribution >= 4 is 11.9 Å². The Morgan fingerprint density at radius 2 is 1.56 bits per heavy atom. The van der Waals surface area contributed by atoms with E-state index in [2.05, 4.69) is 0 Å². The first-order valence-electron chi connectivity index (χ1n) is 3.67. The van der Waals surface area contributed by atoms with Crippen LogP contribution >= 0.6 is 0 Å². The number of carbonyl (C=O) groups is 2. The Morgan fingerprint density at radius 1 is 1.06 bits per heavy atom. The Kier molecular flexibility index (Phi) is 9.29. The SMILES string of the molecule is COc1ccc(C(=O)[O-])c(C(=O)[O-])c1.[Na+].[Na+]. The second kappa shape index (κ2) is 8.11. The van der Waals surface area contributed by atoms with E-state index in [1.807, 2.05) is 0 Å². The van der Waals surface area contributed by atoms with E-state index in [0.29, 0.717) is 0 Å². The third-order valence-electron chi connectivity index (χ3n) is 1.67. The standard InChI is InChI=1S/C9H8O5.2Na/c1-14-5-2-3-6(8(10)11)7(4-5)9(12)13;;/h2-4H,1H3,(H,10,11)(H,12,13);;/q;2*+1/p-2. The van der Waals surface area contributed by atoms with Gasteiger partial charge in [-0.15, -0.1) is 0 Å². The maximum atomic E-state index is 10.5. The summed E-state index contributed by atoms with van der Waals surface area (Å²) in [5.41, 5.74) is -0.879. The number of carboxylic acid groups (broad SMARTS) is 2. The summed E-state index contributed by atoms with van der Waals surface area (Å²) < 4.78 is 4.74. The smallest absolute Gasteiger partial charge is 0.545 e. The van der Waals surface area contributed by atoms with Crippen molar-refractivity contribution in [1.82, 2.24) is 0 Å². The Hall–Kier alpha value is -0.0400. The molecule has 16 heavy (non-hydrogen) atoms. The molecule has 1 rings (SSSR count). The topological polar surface area (TPSA) is 89.5 Å². The van der Waals surface area contributed by atoms with Crippen molar-refractivity contribution in [2.75, 3.05) is 7.11 Å². The minimum Gasteiger partial charge on any atom is -0.545 e. The molecule has 1 aromatic carbocycles. The first kappa shape index (κ1) is 18.3. The molecule has 0 saturated carbocycles. The van der Waals surface area contributed by atoms with Gasteiger partial charge in [0, 0.05) is 11.1 Å². The van der Waals surface area contributed by atoms with E-state index in [4.69, 9.17) is 4.74 Å². The van der Waals surface area contributed by atoms with Crippen LogP contribution in [0.1, 0.15) is 20.7 Å². The fourth-order valence-corrected chi connectivity index (χ4v) is 0.997. The number of carboxylic acids is 2. The molecule has 0 atom stereocenters. The van der Waals surface area contributed by atoms with Gasteiger partial charge in [0.05, 0.1) is 19.0 Å². The Morgan fingerprint density at radius 3 is 1.94 bits per heavy atom. The van der Waals surface area contributed by atoms with Crippen LogP contribution in [-0.4, -0.2) is 19.0 Å². The van der Waals surface area contributed by atoms with E-state index in [1.54, 1.807) is 0 Å². The molecule has 0 amide bonds. The zero-order valence-corrected chi connectivity index (χ0v) is 13.3. The minimum absolute atomic E-state index is 0. The Bertz CT molecular complexity index is 391. The molecule has 0 aliphatic carbocycles. The van der Waals surface area contributed by atoms with Crippen LogP contribution in [0, 0.1) is 0 Å². The maximum Gasteiger partial charge on any atom is 1.00 e. The molecule has 0 aliphatic heterocycles. The quantitative estimate of drug-likeness (QED) is 0.489. The van der Waals surface area contributed by atoms with Gasteiger partial charge < -0.3 is 24.5 Å². The van der Waals surface area contributed by atoms with Gasteiger partial charge in [0.15, 0.2) is 0 Å². The molecule has 0 radical (unpaired) electrons. The van der Waals surface area contributed by atoms with Crippen LogP contribution in [-0.2, 0) is 0 Å². The largest absolute Gasteiger partial charge is 1.00 e. The molecule has 74 valence electrons. The molecule has 5 nitrogen and oxygen atoms in total. The minimum atomic E-state index is -1.58. The van der Waals surface area contributed by atoms with Gasteiger partial charge >= 0.3 is 59.1 Å². The number of carbonyl (C=O) groups excluding carboxylic acids is 2. The fourth-order valence-electron chi connectivity index (χ4n) is 0.997. The average Bonchev–Trinajstić information content (AvgIpc) is 2.16. The average molecular weight is 240 g/mol. The van der Waals surface area contributed by atoms with E-state index >= 15 is 0 Å².